The number of rotatable bonds is 3. The first-order valence-corrected chi connectivity index (χ1v) is 5.72. The van der Waals surface area contributed by atoms with Crippen molar-refractivity contribution in [3.63, 3.8) is 0 Å². The number of carbonyl (C=O) groups is 1. The fourth-order valence-corrected chi connectivity index (χ4v) is 1.87. The topological polar surface area (TPSA) is 67.2 Å². The molecule has 0 bridgehead atoms. The maximum atomic E-state index is 10.4. The number of aryl methyl sites for hydroxylation is 1. The fraction of sp³-hybridized carbons (Fsp3) is 0.167. The van der Waals surface area contributed by atoms with Gasteiger partial charge >= 0.3 is 6.09 Å². The highest BCUT2D eigenvalue weighted by Gasteiger charge is 2.05. The summed E-state index contributed by atoms with van der Waals surface area (Å²) in [6.07, 6.45) is -1.04. The number of halogens is 1. The highest BCUT2D eigenvalue weighted by molar-refractivity contribution is 6.29. The molecule has 1 aromatic heterocycles. The van der Waals surface area contributed by atoms with Crippen molar-refractivity contribution in [3.8, 4) is 5.69 Å². The summed E-state index contributed by atoms with van der Waals surface area (Å²) in [6.45, 7) is 2.15. The van der Waals surface area contributed by atoms with Crippen molar-refractivity contribution in [1.29, 1.82) is 0 Å². The SMILES string of the molecule is Cc1cc(Cl)n(-c2ccc(CNC(=O)O)cc2)n1. The second-order valence-electron chi connectivity index (χ2n) is 3.85. The average molecular weight is 266 g/mol. The summed E-state index contributed by atoms with van der Waals surface area (Å²) < 4.78 is 1.63. The average Bonchev–Trinajstić information content (AvgIpc) is 2.66. The number of hydrogen-bond donors (Lipinski definition) is 2. The Balaban J connectivity index is 2.17. The molecule has 5 nitrogen and oxygen atoms in total. The third-order valence-electron chi connectivity index (χ3n) is 2.41. The zero-order chi connectivity index (χ0) is 13.1. The molecule has 0 saturated heterocycles. The molecule has 0 spiro atoms. The lowest BCUT2D eigenvalue weighted by Gasteiger charge is -2.05. The molecular weight excluding hydrogens is 254 g/mol. The Morgan fingerprint density at radius 1 is 1.44 bits per heavy atom. The molecular formula is C12H12ClN3O2. The van der Waals surface area contributed by atoms with Gasteiger partial charge in [0.15, 0.2) is 0 Å². The minimum absolute atomic E-state index is 0.279. The van der Waals surface area contributed by atoms with Crippen LogP contribution in [-0.4, -0.2) is 21.0 Å². The predicted octanol–water partition coefficient (Wildman–Crippen LogP) is 2.60. The molecule has 1 amide bonds. The summed E-state index contributed by atoms with van der Waals surface area (Å²) in [5.74, 6) is 0. The van der Waals surface area contributed by atoms with Crippen LogP contribution in [0, 0.1) is 6.92 Å². The van der Waals surface area contributed by atoms with Crippen LogP contribution in [0.5, 0.6) is 0 Å². The van der Waals surface area contributed by atoms with Crippen LogP contribution < -0.4 is 5.32 Å². The highest BCUT2D eigenvalue weighted by atomic mass is 35.5. The van der Waals surface area contributed by atoms with E-state index in [2.05, 4.69) is 10.4 Å². The number of benzene rings is 1. The van der Waals surface area contributed by atoms with Crippen LogP contribution in [-0.2, 0) is 6.54 Å². The Hall–Kier alpha value is -2.01. The van der Waals surface area contributed by atoms with Gasteiger partial charge in [-0.15, -0.1) is 0 Å². The second-order valence-corrected chi connectivity index (χ2v) is 4.23. The van der Waals surface area contributed by atoms with Gasteiger partial charge in [0.25, 0.3) is 0 Å². The van der Waals surface area contributed by atoms with E-state index in [0.717, 1.165) is 16.9 Å². The van der Waals surface area contributed by atoms with Crippen LogP contribution in [0.2, 0.25) is 5.15 Å². The zero-order valence-electron chi connectivity index (χ0n) is 9.72. The van der Waals surface area contributed by atoms with Crippen LogP contribution in [0.3, 0.4) is 0 Å². The number of amides is 1. The molecule has 2 rings (SSSR count). The van der Waals surface area contributed by atoms with E-state index < -0.39 is 6.09 Å². The van der Waals surface area contributed by atoms with Crippen LogP contribution in [0.15, 0.2) is 30.3 Å². The number of hydrogen-bond acceptors (Lipinski definition) is 2. The van der Waals surface area contributed by atoms with E-state index in [-0.39, 0.29) is 6.54 Å². The van der Waals surface area contributed by atoms with Gasteiger partial charge in [0.05, 0.1) is 11.4 Å². The smallest absolute Gasteiger partial charge is 0.404 e. The normalized spacial score (nSPS) is 10.3. The predicted molar refractivity (Wildman–Crippen MR) is 68.2 cm³/mol. The van der Waals surface area contributed by atoms with Crippen LogP contribution in [0.1, 0.15) is 11.3 Å². The van der Waals surface area contributed by atoms with E-state index in [1.165, 1.54) is 0 Å². The van der Waals surface area contributed by atoms with E-state index in [1.54, 1.807) is 10.7 Å². The molecule has 0 saturated carbocycles. The van der Waals surface area contributed by atoms with E-state index in [0.29, 0.717) is 5.15 Å². The summed E-state index contributed by atoms with van der Waals surface area (Å²) in [5, 5.41) is 15.6. The van der Waals surface area contributed by atoms with Crippen LogP contribution in [0.25, 0.3) is 5.69 Å². The van der Waals surface area contributed by atoms with Gasteiger partial charge in [-0.25, -0.2) is 9.48 Å². The number of carboxylic acid groups (broad SMARTS) is 1. The lowest BCUT2D eigenvalue weighted by Crippen LogP contribution is -2.19. The van der Waals surface area contributed by atoms with Gasteiger partial charge in [-0.3, -0.25) is 0 Å². The van der Waals surface area contributed by atoms with Crippen molar-refractivity contribution in [1.82, 2.24) is 15.1 Å². The largest absolute Gasteiger partial charge is 0.465 e. The minimum atomic E-state index is -1.04. The van der Waals surface area contributed by atoms with Gasteiger partial charge in [-0.2, -0.15) is 5.10 Å². The van der Waals surface area contributed by atoms with Gasteiger partial charge in [-0.05, 0) is 30.7 Å². The second kappa shape index (κ2) is 5.10. The minimum Gasteiger partial charge on any atom is -0.465 e. The molecule has 6 heteroatoms. The first-order valence-electron chi connectivity index (χ1n) is 5.34. The summed E-state index contributed by atoms with van der Waals surface area (Å²) in [7, 11) is 0. The van der Waals surface area contributed by atoms with Crippen LogP contribution >= 0.6 is 11.6 Å². The molecule has 1 aromatic carbocycles. The quantitative estimate of drug-likeness (QED) is 0.896. The Bertz CT molecular complexity index is 563. The maximum absolute atomic E-state index is 10.4. The zero-order valence-corrected chi connectivity index (χ0v) is 10.5. The van der Waals surface area contributed by atoms with Crippen LogP contribution in [0.4, 0.5) is 4.79 Å². The van der Waals surface area contributed by atoms with E-state index in [4.69, 9.17) is 16.7 Å². The van der Waals surface area contributed by atoms with Crippen molar-refractivity contribution >= 4 is 17.7 Å². The molecule has 18 heavy (non-hydrogen) atoms. The monoisotopic (exact) mass is 265 g/mol. The molecule has 0 aliphatic rings. The lowest BCUT2D eigenvalue weighted by molar-refractivity contribution is 0.194. The van der Waals surface area contributed by atoms with E-state index >= 15 is 0 Å². The number of aromatic nitrogens is 2. The molecule has 2 aromatic rings. The van der Waals surface area contributed by atoms with Gasteiger partial charge in [0.2, 0.25) is 0 Å². The molecule has 0 atom stereocenters. The number of nitrogens with zero attached hydrogens (tertiary/aromatic N) is 2. The third-order valence-corrected chi connectivity index (χ3v) is 2.68. The molecule has 0 radical (unpaired) electrons. The van der Waals surface area contributed by atoms with Crippen molar-refractivity contribution in [2.24, 2.45) is 0 Å². The lowest BCUT2D eigenvalue weighted by atomic mass is 10.2. The Kier molecular flexibility index (Phi) is 3.53. The highest BCUT2D eigenvalue weighted by Crippen LogP contribution is 2.17. The first-order chi connectivity index (χ1) is 8.56. The van der Waals surface area contributed by atoms with Crippen molar-refractivity contribution in [2.45, 2.75) is 13.5 Å². The third kappa shape index (κ3) is 2.81. The molecule has 1 heterocycles. The van der Waals surface area contributed by atoms with Gasteiger partial charge in [0.1, 0.15) is 5.15 Å². The summed E-state index contributed by atoms with van der Waals surface area (Å²) in [4.78, 5) is 10.4. The maximum Gasteiger partial charge on any atom is 0.404 e. The van der Waals surface area contributed by atoms with E-state index in [9.17, 15) is 4.79 Å². The molecule has 0 unspecified atom stereocenters. The Morgan fingerprint density at radius 2 is 2.11 bits per heavy atom. The number of nitrogens with one attached hydrogen (secondary N) is 1. The summed E-state index contributed by atoms with van der Waals surface area (Å²) >= 11 is 6.03. The summed E-state index contributed by atoms with van der Waals surface area (Å²) in [6, 6.07) is 9.13. The van der Waals surface area contributed by atoms with Crippen molar-refractivity contribution in [3.05, 3.63) is 46.7 Å². The molecule has 0 aliphatic carbocycles. The van der Waals surface area contributed by atoms with Crippen molar-refractivity contribution in [2.75, 3.05) is 0 Å². The fourth-order valence-electron chi connectivity index (χ4n) is 1.58. The van der Waals surface area contributed by atoms with E-state index in [1.807, 2.05) is 31.2 Å². The summed E-state index contributed by atoms with van der Waals surface area (Å²) in [5.41, 5.74) is 2.56. The Morgan fingerprint density at radius 3 is 2.61 bits per heavy atom. The van der Waals surface area contributed by atoms with Gasteiger partial charge < -0.3 is 10.4 Å². The standard InChI is InChI=1S/C12H12ClN3O2/c1-8-6-11(13)16(15-8)10-4-2-9(3-5-10)7-14-12(17)18/h2-6,14H,7H2,1H3,(H,17,18). The van der Waals surface area contributed by atoms with Crippen molar-refractivity contribution < 1.29 is 9.90 Å². The van der Waals surface area contributed by atoms with Gasteiger partial charge in [-0.1, -0.05) is 23.7 Å². The van der Waals surface area contributed by atoms with Gasteiger partial charge in [0, 0.05) is 6.54 Å². The molecule has 2 N–H and O–H groups in total. The first kappa shape index (κ1) is 12.4. The molecule has 0 fully saturated rings. The molecule has 0 aliphatic heterocycles. The molecule has 94 valence electrons. The Labute approximate surface area is 109 Å².